The number of alkyl halides is 3. The number of benzene rings is 2. The van der Waals surface area contributed by atoms with Crippen molar-refractivity contribution in [3.63, 3.8) is 0 Å². The summed E-state index contributed by atoms with van der Waals surface area (Å²) in [6, 6.07) is 11.2. The van der Waals surface area contributed by atoms with E-state index < -0.39 is 11.7 Å². The molecule has 0 heterocycles. The molecule has 2 N–H and O–H groups in total. The molecule has 0 aliphatic rings. The summed E-state index contributed by atoms with van der Waals surface area (Å²) in [5.74, 6) is 0.109. The van der Waals surface area contributed by atoms with Crippen LogP contribution in [0.25, 0.3) is 0 Å². The first kappa shape index (κ1) is 13.9. The second-order valence-electron chi connectivity index (χ2n) is 4.00. The van der Waals surface area contributed by atoms with Crippen LogP contribution in [0.15, 0.2) is 53.6 Å². The smallest absolute Gasteiger partial charge is 0.418 e. The van der Waals surface area contributed by atoms with Crippen LogP contribution in [0.1, 0.15) is 11.1 Å². The van der Waals surface area contributed by atoms with Crippen LogP contribution < -0.4 is 5.43 Å². The highest BCUT2D eigenvalue weighted by Gasteiger charge is 2.33. The summed E-state index contributed by atoms with van der Waals surface area (Å²) in [6.07, 6.45) is -3.07. The van der Waals surface area contributed by atoms with E-state index in [1.54, 1.807) is 12.1 Å². The number of hydrogen-bond acceptors (Lipinski definition) is 3. The highest BCUT2D eigenvalue weighted by atomic mass is 19.4. The molecule has 6 heteroatoms. The third-order valence-corrected chi connectivity index (χ3v) is 2.52. The van der Waals surface area contributed by atoms with Crippen molar-refractivity contribution in [3.8, 4) is 5.75 Å². The fourth-order valence-electron chi connectivity index (χ4n) is 1.56. The van der Waals surface area contributed by atoms with Gasteiger partial charge in [-0.3, -0.25) is 5.43 Å². The topological polar surface area (TPSA) is 44.6 Å². The molecular weight excluding hydrogens is 269 g/mol. The molecule has 0 bridgehead atoms. The Hall–Kier alpha value is -2.50. The Morgan fingerprint density at radius 1 is 1.00 bits per heavy atom. The Morgan fingerprint density at radius 2 is 1.65 bits per heavy atom. The average Bonchev–Trinajstić information content (AvgIpc) is 2.40. The van der Waals surface area contributed by atoms with E-state index in [-0.39, 0.29) is 11.4 Å². The van der Waals surface area contributed by atoms with E-state index >= 15 is 0 Å². The number of rotatable bonds is 3. The minimum absolute atomic E-state index is 0.109. The molecule has 0 fully saturated rings. The van der Waals surface area contributed by atoms with Crippen molar-refractivity contribution >= 4 is 11.9 Å². The summed E-state index contributed by atoms with van der Waals surface area (Å²) in [4.78, 5) is 0. The van der Waals surface area contributed by atoms with Gasteiger partial charge in [-0.25, -0.2) is 0 Å². The molecule has 0 aromatic heterocycles. The summed E-state index contributed by atoms with van der Waals surface area (Å²) in [7, 11) is 0. The Balaban J connectivity index is 2.13. The highest BCUT2D eigenvalue weighted by molar-refractivity contribution is 5.80. The number of anilines is 1. The minimum atomic E-state index is -4.43. The van der Waals surface area contributed by atoms with E-state index in [1.165, 1.54) is 36.5 Å². The largest absolute Gasteiger partial charge is 0.508 e. The van der Waals surface area contributed by atoms with Gasteiger partial charge in [-0.2, -0.15) is 18.3 Å². The van der Waals surface area contributed by atoms with E-state index in [9.17, 15) is 13.2 Å². The molecule has 0 saturated carbocycles. The van der Waals surface area contributed by atoms with Crippen LogP contribution in [0.5, 0.6) is 5.75 Å². The molecule has 2 aromatic rings. The lowest BCUT2D eigenvalue weighted by Crippen LogP contribution is -2.08. The number of halogens is 3. The second kappa shape index (κ2) is 5.64. The Kier molecular flexibility index (Phi) is 3.93. The van der Waals surface area contributed by atoms with E-state index in [1.807, 2.05) is 0 Å². The van der Waals surface area contributed by atoms with Gasteiger partial charge in [-0.05, 0) is 42.0 Å². The van der Waals surface area contributed by atoms with Crippen molar-refractivity contribution in [2.24, 2.45) is 5.10 Å². The number of hydrogen-bond donors (Lipinski definition) is 2. The zero-order valence-electron chi connectivity index (χ0n) is 10.2. The lowest BCUT2D eigenvalue weighted by atomic mass is 10.2. The average molecular weight is 280 g/mol. The molecule has 0 spiro atoms. The van der Waals surface area contributed by atoms with E-state index in [4.69, 9.17) is 5.11 Å². The van der Waals surface area contributed by atoms with Gasteiger partial charge in [-0.15, -0.1) is 0 Å². The summed E-state index contributed by atoms with van der Waals surface area (Å²) in [5, 5.41) is 12.9. The van der Waals surface area contributed by atoms with Gasteiger partial charge in [0.05, 0.1) is 17.5 Å². The lowest BCUT2D eigenvalue weighted by Gasteiger charge is -2.11. The minimum Gasteiger partial charge on any atom is -0.508 e. The van der Waals surface area contributed by atoms with Gasteiger partial charge in [0, 0.05) is 0 Å². The molecule has 0 amide bonds. The maximum atomic E-state index is 12.7. The molecule has 0 radical (unpaired) electrons. The molecule has 20 heavy (non-hydrogen) atoms. The van der Waals surface area contributed by atoms with Crippen LogP contribution in [0.4, 0.5) is 18.9 Å². The number of phenols is 1. The molecule has 3 nitrogen and oxygen atoms in total. The van der Waals surface area contributed by atoms with E-state index in [0.717, 1.165) is 6.07 Å². The number of aromatic hydroxyl groups is 1. The Labute approximate surface area is 113 Å². The summed E-state index contributed by atoms with van der Waals surface area (Å²) in [5.41, 5.74) is 2.13. The van der Waals surface area contributed by atoms with Crippen LogP contribution in [0, 0.1) is 0 Å². The molecule has 0 aliphatic carbocycles. The first-order valence-electron chi connectivity index (χ1n) is 5.71. The van der Waals surface area contributed by atoms with E-state index in [0.29, 0.717) is 5.56 Å². The maximum Gasteiger partial charge on any atom is 0.418 e. The van der Waals surface area contributed by atoms with Crippen molar-refractivity contribution in [1.82, 2.24) is 0 Å². The fraction of sp³-hybridized carbons (Fsp3) is 0.0714. The van der Waals surface area contributed by atoms with Crippen LogP contribution >= 0.6 is 0 Å². The highest BCUT2D eigenvalue weighted by Crippen LogP contribution is 2.34. The summed E-state index contributed by atoms with van der Waals surface area (Å²) >= 11 is 0. The molecule has 104 valence electrons. The van der Waals surface area contributed by atoms with Crippen LogP contribution in [0.3, 0.4) is 0 Å². The maximum absolute atomic E-state index is 12.7. The third kappa shape index (κ3) is 3.50. The van der Waals surface area contributed by atoms with Gasteiger partial charge in [-0.1, -0.05) is 12.1 Å². The number of nitrogens with one attached hydrogen (secondary N) is 1. The van der Waals surface area contributed by atoms with Crippen molar-refractivity contribution < 1.29 is 18.3 Å². The van der Waals surface area contributed by atoms with E-state index in [2.05, 4.69) is 10.5 Å². The quantitative estimate of drug-likeness (QED) is 0.662. The first-order valence-corrected chi connectivity index (χ1v) is 5.71. The number of phenolic OH excluding ortho intramolecular Hbond substituents is 1. The predicted octanol–water partition coefficient (Wildman–Crippen LogP) is 3.86. The van der Waals surface area contributed by atoms with Gasteiger partial charge in [0.25, 0.3) is 0 Å². The Bertz CT molecular complexity index is 607. The molecule has 2 rings (SSSR count). The second-order valence-corrected chi connectivity index (χ2v) is 4.00. The zero-order valence-corrected chi connectivity index (χ0v) is 10.2. The number of nitrogens with zero attached hydrogens (tertiary/aromatic N) is 1. The first-order chi connectivity index (χ1) is 9.47. The Morgan fingerprint density at radius 3 is 2.30 bits per heavy atom. The molecule has 0 atom stereocenters. The van der Waals surface area contributed by atoms with Gasteiger partial charge >= 0.3 is 6.18 Å². The standard InChI is InChI=1S/C14H11F3N2O/c15-14(16,17)12-3-1-2-4-13(12)19-18-9-10-5-7-11(20)8-6-10/h1-9,19-20H/b18-9-. The van der Waals surface area contributed by atoms with Gasteiger partial charge in [0.1, 0.15) is 5.75 Å². The van der Waals surface area contributed by atoms with Gasteiger partial charge < -0.3 is 5.11 Å². The predicted molar refractivity (Wildman–Crippen MR) is 70.8 cm³/mol. The molecule has 0 saturated heterocycles. The van der Waals surface area contributed by atoms with Crippen LogP contribution in [-0.2, 0) is 6.18 Å². The third-order valence-electron chi connectivity index (χ3n) is 2.52. The normalized spacial score (nSPS) is 11.8. The monoisotopic (exact) mass is 280 g/mol. The molecule has 2 aromatic carbocycles. The lowest BCUT2D eigenvalue weighted by molar-refractivity contribution is -0.136. The van der Waals surface area contributed by atoms with Crippen LogP contribution in [-0.4, -0.2) is 11.3 Å². The van der Waals surface area contributed by atoms with Crippen molar-refractivity contribution in [2.75, 3.05) is 5.43 Å². The molecular formula is C14H11F3N2O. The molecule has 0 aliphatic heterocycles. The van der Waals surface area contributed by atoms with Gasteiger partial charge in [0.15, 0.2) is 0 Å². The SMILES string of the molecule is Oc1ccc(/C=N\Nc2ccccc2C(F)(F)F)cc1. The van der Waals surface area contributed by atoms with Crippen molar-refractivity contribution in [1.29, 1.82) is 0 Å². The number of hydrazone groups is 1. The van der Waals surface area contributed by atoms with Crippen molar-refractivity contribution in [3.05, 3.63) is 59.7 Å². The van der Waals surface area contributed by atoms with Crippen molar-refractivity contribution in [2.45, 2.75) is 6.18 Å². The summed E-state index contributed by atoms with van der Waals surface area (Å²) < 4.78 is 38.2. The molecule has 0 unspecified atom stereocenters. The fourth-order valence-corrected chi connectivity index (χ4v) is 1.56. The van der Waals surface area contributed by atoms with Gasteiger partial charge in [0.2, 0.25) is 0 Å². The zero-order chi connectivity index (χ0) is 14.6. The van der Waals surface area contributed by atoms with Crippen LogP contribution in [0.2, 0.25) is 0 Å². The number of para-hydroxylation sites is 1. The summed E-state index contributed by atoms with van der Waals surface area (Å²) in [6.45, 7) is 0.